The summed E-state index contributed by atoms with van der Waals surface area (Å²) in [6, 6.07) is 22.4. The molecule has 5 rings (SSSR count). The highest BCUT2D eigenvalue weighted by Gasteiger charge is 2.26. The third-order valence-corrected chi connectivity index (χ3v) is 6.84. The number of rotatable bonds is 7. The van der Waals surface area contributed by atoms with Gasteiger partial charge in [-0.15, -0.1) is 0 Å². The van der Waals surface area contributed by atoms with E-state index in [9.17, 15) is 4.79 Å². The zero-order valence-corrected chi connectivity index (χ0v) is 19.6. The van der Waals surface area contributed by atoms with Crippen molar-refractivity contribution in [1.82, 2.24) is 19.4 Å². The summed E-state index contributed by atoms with van der Waals surface area (Å²) in [7, 11) is 0. The maximum absolute atomic E-state index is 13.3. The molecular weight excluding hydrogens is 422 g/mol. The van der Waals surface area contributed by atoms with Crippen LogP contribution in [0.2, 0.25) is 0 Å². The summed E-state index contributed by atoms with van der Waals surface area (Å²) in [5.74, 6) is 1.78. The Hall–Kier alpha value is -3.67. The molecule has 0 bridgehead atoms. The lowest BCUT2D eigenvalue weighted by Gasteiger charge is -2.33. The lowest BCUT2D eigenvalue weighted by molar-refractivity contribution is -0.132. The first kappa shape index (κ1) is 22.1. The van der Waals surface area contributed by atoms with Crippen LogP contribution in [-0.4, -0.2) is 38.4 Å². The van der Waals surface area contributed by atoms with Crippen LogP contribution in [0.15, 0.2) is 79.1 Å². The number of fused-ring (bicyclic) bond motifs is 1. The lowest BCUT2D eigenvalue weighted by atomic mass is 9.95. The number of para-hydroxylation sites is 1. The van der Waals surface area contributed by atoms with Crippen LogP contribution in [0.4, 0.5) is 5.69 Å². The second-order valence-corrected chi connectivity index (χ2v) is 9.14. The second kappa shape index (κ2) is 10.1. The van der Waals surface area contributed by atoms with Crippen molar-refractivity contribution >= 4 is 22.6 Å². The number of imidazole rings is 1. The number of amides is 1. The summed E-state index contributed by atoms with van der Waals surface area (Å²) in [4.78, 5) is 24.2. The minimum Gasteiger partial charge on any atom is -0.378 e. The minimum atomic E-state index is -0.0533. The van der Waals surface area contributed by atoms with Gasteiger partial charge in [0.2, 0.25) is 5.91 Å². The van der Waals surface area contributed by atoms with Crippen LogP contribution >= 0.6 is 0 Å². The number of nitrogens with zero attached hydrogens (tertiary/aromatic N) is 4. The monoisotopic (exact) mass is 453 g/mol. The van der Waals surface area contributed by atoms with Crippen LogP contribution in [0.25, 0.3) is 11.0 Å². The average molecular weight is 454 g/mol. The fourth-order valence-electron chi connectivity index (χ4n) is 4.93. The Morgan fingerprint density at radius 3 is 2.47 bits per heavy atom. The Morgan fingerprint density at radius 2 is 1.74 bits per heavy atom. The smallest absolute Gasteiger partial charge is 0.224 e. The Bertz CT molecular complexity index is 1230. The molecule has 4 aromatic rings. The Labute approximate surface area is 200 Å². The maximum Gasteiger partial charge on any atom is 0.224 e. The molecule has 0 radical (unpaired) electrons. The van der Waals surface area contributed by atoms with Crippen LogP contribution in [0.3, 0.4) is 0 Å². The highest BCUT2D eigenvalue weighted by Crippen LogP contribution is 2.27. The van der Waals surface area contributed by atoms with Gasteiger partial charge in [-0.05, 0) is 49.4 Å². The zero-order chi connectivity index (χ0) is 23.3. The highest BCUT2D eigenvalue weighted by atomic mass is 16.2. The van der Waals surface area contributed by atoms with Crippen molar-refractivity contribution < 1.29 is 4.79 Å². The van der Waals surface area contributed by atoms with E-state index in [-0.39, 0.29) is 11.9 Å². The van der Waals surface area contributed by atoms with Crippen molar-refractivity contribution in [1.29, 1.82) is 0 Å². The molecule has 2 aromatic carbocycles. The van der Waals surface area contributed by atoms with Gasteiger partial charge in [0.25, 0.3) is 0 Å². The van der Waals surface area contributed by atoms with Gasteiger partial charge in [-0.3, -0.25) is 9.78 Å². The largest absolute Gasteiger partial charge is 0.378 e. The second-order valence-electron chi connectivity index (χ2n) is 9.14. The highest BCUT2D eigenvalue weighted by molar-refractivity contribution is 5.78. The molecule has 6 nitrogen and oxygen atoms in total. The molecule has 1 unspecified atom stereocenters. The van der Waals surface area contributed by atoms with E-state index in [2.05, 4.69) is 38.9 Å². The number of carbonyl (C=O) groups is 1. The number of aryl methyl sites for hydroxylation is 1. The first-order chi connectivity index (χ1) is 16.7. The van der Waals surface area contributed by atoms with Gasteiger partial charge < -0.3 is 14.8 Å². The van der Waals surface area contributed by atoms with Gasteiger partial charge in [-0.25, -0.2) is 4.98 Å². The molecule has 1 atom stereocenters. The lowest BCUT2D eigenvalue weighted by Crippen LogP contribution is -2.40. The number of aromatic nitrogens is 3. The summed E-state index contributed by atoms with van der Waals surface area (Å²) in [6.45, 7) is 4.62. The summed E-state index contributed by atoms with van der Waals surface area (Å²) in [6.07, 6.45) is 6.12. The van der Waals surface area contributed by atoms with Crippen molar-refractivity contribution in [3.05, 3.63) is 90.5 Å². The Morgan fingerprint density at radius 1 is 1.03 bits per heavy atom. The summed E-state index contributed by atoms with van der Waals surface area (Å²) in [5, 5.41) is 3.56. The Balaban J connectivity index is 1.21. The van der Waals surface area contributed by atoms with Crippen molar-refractivity contribution in [2.45, 2.75) is 38.8 Å². The molecule has 1 N–H and O–H groups in total. The number of hydrogen-bond donors (Lipinski definition) is 1. The number of benzene rings is 2. The fourth-order valence-corrected chi connectivity index (χ4v) is 4.93. The molecule has 1 aliphatic rings. The number of hydrogen-bond acceptors (Lipinski definition) is 4. The summed E-state index contributed by atoms with van der Waals surface area (Å²) in [5.41, 5.74) is 4.25. The third kappa shape index (κ3) is 4.96. The van der Waals surface area contributed by atoms with Gasteiger partial charge in [-0.1, -0.05) is 48.5 Å². The Kier molecular flexibility index (Phi) is 6.56. The van der Waals surface area contributed by atoms with E-state index in [0.29, 0.717) is 12.3 Å². The molecule has 0 spiro atoms. The molecule has 0 aliphatic carbocycles. The van der Waals surface area contributed by atoms with Gasteiger partial charge in [0.15, 0.2) is 0 Å². The minimum absolute atomic E-state index is 0.0533. The number of likely N-dealkylation sites (tertiary alicyclic amines) is 1. The number of anilines is 1. The van der Waals surface area contributed by atoms with E-state index in [1.165, 1.54) is 0 Å². The van der Waals surface area contributed by atoms with E-state index in [4.69, 9.17) is 0 Å². The molecule has 2 aromatic heterocycles. The first-order valence-electron chi connectivity index (χ1n) is 12.1. The third-order valence-electron chi connectivity index (χ3n) is 6.84. The molecule has 1 aliphatic heterocycles. The molecule has 0 saturated carbocycles. The van der Waals surface area contributed by atoms with E-state index < -0.39 is 0 Å². The number of pyridine rings is 1. The van der Waals surface area contributed by atoms with Crippen LogP contribution in [-0.2, 0) is 11.3 Å². The van der Waals surface area contributed by atoms with Gasteiger partial charge in [0, 0.05) is 31.5 Å². The topological polar surface area (TPSA) is 63.1 Å². The molecule has 6 heteroatoms. The first-order valence-corrected chi connectivity index (χ1v) is 12.1. The van der Waals surface area contributed by atoms with Crippen molar-refractivity contribution in [2.75, 3.05) is 18.4 Å². The van der Waals surface area contributed by atoms with Crippen molar-refractivity contribution in [2.24, 2.45) is 5.92 Å². The van der Waals surface area contributed by atoms with Crippen LogP contribution in [0.5, 0.6) is 0 Å². The molecule has 1 amide bonds. The summed E-state index contributed by atoms with van der Waals surface area (Å²) < 4.78 is 2.30. The van der Waals surface area contributed by atoms with E-state index >= 15 is 0 Å². The normalized spacial score (nSPS) is 15.4. The number of nitrogens with one attached hydrogen (secondary N) is 1. The van der Waals surface area contributed by atoms with Gasteiger partial charge in [0.05, 0.1) is 24.2 Å². The van der Waals surface area contributed by atoms with E-state index in [1.54, 1.807) is 0 Å². The van der Waals surface area contributed by atoms with Crippen LogP contribution in [0, 0.1) is 12.8 Å². The molecule has 1 saturated heterocycles. The number of piperidine rings is 1. The molecule has 3 heterocycles. The zero-order valence-electron chi connectivity index (χ0n) is 19.6. The molecule has 1 fully saturated rings. The fraction of sp³-hybridized carbons (Fsp3) is 0.321. The predicted molar refractivity (Wildman–Crippen MR) is 135 cm³/mol. The predicted octanol–water partition coefficient (Wildman–Crippen LogP) is 5.22. The van der Waals surface area contributed by atoms with Gasteiger partial charge >= 0.3 is 0 Å². The van der Waals surface area contributed by atoms with E-state index in [1.807, 2.05) is 71.9 Å². The van der Waals surface area contributed by atoms with Crippen LogP contribution in [0.1, 0.15) is 36.7 Å². The average Bonchev–Trinajstić information content (AvgIpc) is 3.20. The SMILES string of the molecule is Cc1nc2cnccc2n1CC1CCN(C(=O)CC(Nc2ccccc2)c2ccccc2)CC1. The number of carbonyl (C=O) groups excluding carboxylic acids is 1. The van der Waals surface area contributed by atoms with Crippen molar-refractivity contribution in [3.8, 4) is 0 Å². The van der Waals surface area contributed by atoms with Crippen molar-refractivity contribution in [3.63, 3.8) is 0 Å². The molecule has 34 heavy (non-hydrogen) atoms. The quantitative estimate of drug-likeness (QED) is 0.417. The standard InChI is InChI=1S/C28H31N5O/c1-21-30-26-19-29-15-12-27(26)33(21)20-22-13-16-32(17-14-22)28(34)18-25(23-8-4-2-5-9-23)31-24-10-6-3-7-11-24/h2-12,15,19,22,25,31H,13-14,16-18,20H2,1H3. The molecule has 174 valence electrons. The summed E-state index contributed by atoms with van der Waals surface area (Å²) >= 11 is 0. The van der Waals surface area contributed by atoms with E-state index in [0.717, 1.165) is 60.6 Å². The maximum atomic E-state index is 13.3. The molecular formula is C28H31N5O. The van der Waals surface area contributed by atoms with Gasteiger partial charge in [-0.2, -0.15) is 0 Å². The van der Waals surface area contributed by atoms with Gasteiger partial charge in [0.1, 0.15) is 11.3 Å². The van der Waals surface area contributed by atoms with Crippen LogP contribution < -0.4 is 5.32 Å².